The Bertz CT molecular complexity index is 757. The normalized spacial score (nSPS) is 13.5. The highest BCUT2D eigenvalue weighted by atomic mass is 35.5. The first-order valence-electron chi connectivity index (χ1n) is 7.33. The molecular weight excluding hydrogens is 320 g/mol. The predicted molar refractivity (Wildman–Crippen MR) is 86.4 cm³/mol. The third-order valence-electron chi connectivity index (χ3n) is 3.61. The Balaban J connectivity index is 2.09. The SMILES string of the molecule is CCOC(=O)c1oc(-c2cc(Cl)cc3c2OCCN3C)nc1C. The molecule has 23 heavy (non-hydrogen) atoms. The number of ether oxygens (including phenoxy) is 2. The fourth-order valence-corrected chi connectivity index (χ4v) is 2.69. The molecule has 1 aliphatic heterocycles. The van der Waals surface area contributed by atoms with Crippen LogP contribution in [0, 0.1) is 6.92 Å². The lowest BCUT2D eigenvalue weighted by atomic mass is 10.1. The lowest BCUT2D eigenvalue weighted by molar-refractivity contribution is 0.0490. The number of likely N-dealkylation sites (N-methyl/N-ethyl adjacent to an activating group) is 1. The Labute approximate surface area is 139 Å². The topological polar surface area (TPSA) is 64.8 Å². The van der Waals surface area contributed by atoms with Gasteiger partial charge in [-0.25, -0.2) is 9.78 Å². The summed E-state index contributed by atoms with van der Waals surface area (Å²) >= 11 is 6.21. The van der Waals surface area contributed by atoms with Crippen LogP contribution in [0.25, 0.3) is 11.5 Å². The number of aryl methyl sites for hydroxylation is 1. The lowest BCUT2D eigenvalue weighted by Gasteiger charge is -2.28. The Morgan fingerprint density at radius 1 is 1.48 bits per heavy atom. The number of benzene rings is 1. The third-order valence-corrected chi connectivity index (χ3v) is 3.82. The van der Waals surface area contributed by atoms with Gasteiger partial charge < -0.3 is 18.8 Å². The van der Waals surface area contributed by atoms with Crippen molar-refractivity contribution in [2.75, 3.05) is 31.7 Å². The van der Waals surface area contributed by atoms with Gasteiger partial charge in [-0.3, -0.25) is 0 Å². The van der Waals surface area contributed by atoms with Crippen LogP contribution in [0.3, 0.4) is 0 Å². The van der Waals surface area contributed by atoms with Crippen molar-refractivity contribution in [3.63, 3.8) is 0 Å². The summed E-state index contributed by atoms with van der Waals surface area (Å²) in [7, 11) is 1.96. The van der Waals surface area contributed by atoms with Gasteiger partial charge in [0.05, 0.1) is 30.1 Å². The van der Waals surface area contributed by atoms with Crippen LogP contribution in [0.2, 0.25) is 5.02 Å². The molecule has 122 valence electrons. The first-order chi connectivity index (χ1) is 11.0. The number of halogens is 1. The molecule has 0 saturated heterocycles. The van der Waals surface area contributed by atoms with Gasteiger partial charge >= 0.3 is 5.97 Å². The molecule has 3 rings (SSSR count). The van der Waals surface area contributed by atoms with Crippen LogP contribution in [-0.2, 0) is 4.74 Å². The van der Waals surface area contributed by atoms with Crippen molar-refractivity contribution >= 4 is 23.3 Å². The van der Waals surface area contributed by atoms with E-state index in [9.17, 15) is 4.79 Å². The number of aromatic nitrogens is 1. The highest BCUT2D eigenvalue weighted by Crippen LogP contribution is 2.42. The third kappa shape index (κ3) is 2.86. The molecule has 0 spiro atoms. The molecule has 1 aliphatic rings. The number of hydrogen-bond acceptors (Lipinski definition) is 6. The summed E-state index contributed by atoms with van der Waals surface area (Å²) in [5, 5.41) is 0.546. The van der Waals surface area contributed by atoms with Gasteiger partial charge in [0, 0.05) is 12.1 Å². The summed E-state index contributed by atoms with van der Waals surface area (Å²) in [6, 6.07) is 3.56. The van der Waals surface area contributed by atoms with E-state index in [1.807, 2.05) is 13.1 Å². The highest BCUT2D eigenvalue weighted by molar-refractivity contribution is 6.31. The number of anilines is 1. The van der Waals surface area contributed by atoms with Crippen molar-refractivity contribution < 1.29 is 18.7 Å². The smallest absolute Gasteiger partial charge is 0.376 e. The number of hydrogen-bond donors (Lipinski definition) is 0. The number of fused-ring (bicyclic) bond motifs is 1. The molecule has 7 heteroatoms. The number of carbonyl (C=O) groups is 1. The first kappa shape index (κ1) is 15.7. The molecule has 2 aromatic rings. The van der Waals surface area contributed by atoms with E-state index in [-0.39, 0.29) is 12.4 Å². The van der Waals surface area contributed by atoms with E-state index in [1.165, 1.54) is 0 Å². The van der Waals surface area contributed by atoms with Crippen LogP contribution >= 0.6 is 11.6 Å². The second kappa shape index (κ2) is 6.12. The molecule has 0 amide bonds. The van der Waals surface area contributed by atoms with E-state index in [0.29, 0.717) is 34.5 Å². The van der Waals surface area contributed by atoms with Crippen molar-refractivity contribution in [3.8, 4) is 17.2 Å². The van der Waals surface area contributed by atoms with Crippen LogP contribution in [0.5, 0.6) is 5.75 Å². The molecule has 0 N–H and O–H groups in total. The number of esters is 1. The predicted octanol–water partition coefficient (Wildman–Crippen LogP) is 3.31. The minimum Gasteiger partial charge on any atom is -0.489 e. The van der Waals surface area contributed by atoms with Gasteiger partial charge in [0.25, 0.3) is 0 Å². The zero-order valence-electron chi connectivity index (χ0n) is 13.2. The second-order valence-electron chi connectivity index (χ2n) is 5.23. The van der Waals surface area contributed by atoms with Crippen molar-refractivity contribution in [3.05, 3.63) is 28.6 Å². The zero-order valence-corrected chi connectivity index (χ0v) is 13.9. The van der Waals surface area contributed by atoms with Gasteiger partial charge in [-0.05, 0) is 26.0 Å². The second-order valence-corrected chi connectivity index (χ2v) is 5.66. The van der Waals surface area contributed by atoms with Gasteiger partial charge in [-0.1, -0.05) is 11.6 Å². The number of rotatable bonds is 3. The van der Waals surface area contributed by atoms with E-state index >= 15 is 0 Å². The molecule has 0 radical (unpaired) electrons. The molecule has 0 fully saturated rings. The molecule has 0 unspecified atom stereocenters. The molecule has 0 bridgehead atoms. The number of nitrogens with zero attached hydrogens (tertiary/aromatic N) is 2. The molecule has 6 nitrogen and oxygen atoms in total. The van der Waals surface area contributed by atoms with Crippen LogP contribution in [0.4, 0.5) is 5.69 Å². The lowest BCUT2D eigenvalue weighted by Crippen LogP contribution is -2.29. The maximum absolute atomic E-state index is 11.9. The minimum absolute atomic E-state index is 0.0970. The molecule has 2 heterocycles. The van der Waals surface area contributed by atoms with Crippen LogP contribution in [-0.4, -0.2) is 37.8 Å². The molecular formula is C16H17ClN2O4. The number of carbonyl (C=O) groups excluding carboxylic acids is 1. The van der Waals surface area contributed by atoms with E-state index in [4.69, 9.17) is 25.5 Å². The average Bonchev–Trinajstić information content (AvgIpc) is 2.90. The van der Waals surface area contributed by atoms with Crippen LogP contribution < -0.4 is 9.64 Å². The quantitative estimate of drug-likeness (QED) is 0.801. The van der Waals surface area contributed by atoms with Crippen molar-refractivity contribution in [1.29, 1.82) is 0 Å². The minimum atomic E-state index is -0.530. The van der Waals surface area contributed by atoms with Gasteiger partial charge in [0.15, 0.2) is 5.75 Å². The van der Waals surface area contributed by atoms with E-state index in [0.717, 1.165) is 12.2 Å². The van der Waals surface area contributed by atoms with Crippen molar-refractivity contribution in [1.82, 2.24) is 4.98 Å². The number of oxazole rings is 1. The summed E-state index contributed by atoms with van der Waals surface area (Å²) in [6.07, 6.45) is 0. The molecule has 0 aliphatic carbocycles. The standard InChI is InChI=1S/C16H17ClN2O4/c1-4-21-16(20)13-9(2)18-15(23-13)11-7-10(17)8-12-14(11)22-6-5-19(12)3/h7-8H,4-6H2,1-3H3. The van der Waals surface area contributed by atoms with E-state index < -0.39 is 5.97 Å². The van der Waals surface area contributed by atoms with Crippen molar-refractivity contribution in [2.24, 2.45) is 0 Å². The first-order valence-corrected chi connectivity index (χ1v) is 7.71. The largest absolute Gasteiger partial charge is 0.489 e. The maximum Gasteiger partial charge on any atom is 0.376 e. The van der Waals surface area contributed by atoms with E-state index in [1.54, 1.807) is 19.9 Å². The highest BCUT2D eigenvalue weighted by Gasteiger charge is 2.26. The van der Waals surface area contributed by atoms with Gasteiger partial charge in [-0.15, -0.1) is 0 Å². The zero-order chi connectivity index (χ0) is 16.6. The molecule has 1 aromatic carbocycles. The van der Waals surface area contributed by atoms with Crippen LogP contribution in [0.15, 0.2) is 16.5 Å². The fourth-order valence-electron chi connectivity index (χ4n) is 2.48. The summed E-state index contributed by atoms with van der Waals surface area (Å²) in [5.74, 6) is 0.511. The van der Waals surface area contributed by atoms with Gasteiger partial charge in [0.1, 0.15) is 6.61 Å². The molecule has 0 atom stereocenters. The summed E-state index contributed by atoms with van der Waals surface area (Å²) in [5.41, 5.74) is 1.96. The van der Waals surface area contributed by atoms with E-state index in [2.05, 4.69) is 9.88 Å². The summed E-state index contributed by atoms with van der Waals surface area (Å²) in [6.45, 7) is 5.04. The van der Waals surface area contributed by atoms with Crippen LogP contribution in [0.1, 0.15) is 23.2 Å². The van der Waals surface area contributed by atoms with Gasteiger partial charge in [-0.2, -0.15) is 0 Å². The maximum atomic E-state index is 11.9. The Hall–Kier alpha value is -2.21. The Morgan fingerprint density at radius 2 is 2.26 bits per heavy atom. The van der Waals surface area contributed by atoms with Gasteiger partial charge in [0.2, 0.25) is 11.7 Å². The summed E-state index contributed by atoms with van der Waals surface area (Å²) in [4.78, 5) is 18.3. The Kier molecular flexibility index (Phi) is 4.17. The van der Waals surface area contributed by atoms with Crippen molar-refractivity contribution in [2.45, 2.75) is 13.8 Å². The molecule has 0 saturated carbocycles. The fraction of sp³-hybridized carbons (Fsp3) is 0.375. The Morgan fingerprint density at radius 3 is 3.00 bits per heavy atom. The summed E-state index contributed by atoms with van der Waals surface area (Å²) < 4.78 is 16.4. The molecule has 1 aromatic heterocycles. The monoisotopic (exact) mass is 336 g/mol. The average molecular weight is 337 g/mol.